The minimum atomic E-state index is -1.04. The molecule has 2 aromatic rings. The summed E-state index contributed by atoms with van der Waals surface area (Å²) >= 11 is 13.2. The van der Waals surface area contributed by atoms with E-state index < -0.39 is 14.7 Å². The monoisotopic (exact) mass is 371 g/mol. The van der Waals surface area contributed by atoms with Crippen LogP contribution in [0.4, 0.5) is 10.8 Å². The van der Waals surface area contributed by atoms with E-state index in [0.717, 1.165) is 0 Å². The number of benzene rings is 1. The second-order valence-corrected chi connectivity index (χ2v) is 7.85. The van der Waals surface area contributed by atoms with Crippen LogP contribution in [-0.2, 0) is 4.79 Å². The van der Waals surface area contributed by atoms with Crippen molar-refractivity contribution in [2.75, 3.05) is 5.32 Å². The highest BCUT2D eigenvalue weighted by atomic mass is 35.5. The molecule has 23 heavy (non-hydrogen) atoms. The lowest BCUT2D eigenvalue weighted by Crippen LogP contribution is -2.25. The third-order valence-electron chi connectivity index (χ3n) is 3.84. The van der Waals surface area contributed by atoms with Gasteiger partial charge in [0.15, 0.2) is 5.13 Å². The number of halogens is 2. The van der Waals surface area contributed by atoms with Crippen LogP contribution in [0.25, 0.3) is 11.3 Å². The van der Waals surface area contributed by atoms with E-state index in [1.807, 2.05) is 0 Å². The summed E-state index contributed by atoms with van der Waals surface area (Å²) in [6.45, 7) is 1.69. The number of rotatable bonds is 4. The summed E-state index contributed by atoms with van der Waals surface area (Å²) < 4.78 is -1.04. The van der Waals surface area contributed by atoms with Crippen molar-refractivity contribution in [2.45, 2.75) is 17.7 Å². The Morgan fingerprint density at radius 2 is 2.17 bits per heavy atom. The number of nitrogens with one attached hydrogen (secondary N) is 1. The first-order valence-electron chi connectivity index (χ1n) is 6.63. The van der Waals surface area contributed by atoms with E-state index in [4.69, 9.17) is 23.2 Å². The molecule has 1 atom stereocenters. The molecule has 1 unspecified atom stereocenters. The van der Waals surface area contributed by atoms with E-state index >= 15 is 0 Å². The highest BCUT2D eigenvalue weighted by Crippen LogP contribution is 2.64. The van der Waals surface area contributed by atoms with Crippen LogP contribution < -0.4 is 5.32 Å². The quantitative estimate of drug-likeness (QED) is 0.494. The third-order valence-corrected chi connectivity index (χ3v) is 5.70. The van der Waals surface area contributed by atoms with Gasteiger partial charge < -0.3 is 5.32 Å². The molecule has 1 heterocycles. The van der Waals surface area contributed by atoms with Crippen molar-refractivity contribution < 1.29 is 9.72 Å². The van der Waals surface area contributed by atoms with E-state index in [2.05, 4.69) is 10.3 Å². The number of amides is 1. The first-order chi connectivity index (χ1) is 10.7. The van der Waals surface area contributed by atoms with E-state index in [1.54, 1.807) is 24.4 Å². The smallest absolute Gasteiger partial charge is 0.270 e. The fourth-order valence-corrected chi connectivity index (χ4v) is 3.54. The molecule has 9 heteroatoms. The normalized spacial score (nSPS) is 21.7. The Balaban J connectivity index is 1.78. The zero-order chi connectivity index (χ0) is 16.8. The van der Waals surface area contributed by atoms with Crippen molar-refractivity contribution >= 4 is 51.3 Å². The number of nitro groups is 1. The van der Waals surface area contributed by atoms with E-state index in [-0.39, 0.29) is 11.6 Å². The predicted octanol–water partition coefficient (Wildman–Crippen LogP) is 4.24. The number of hydrogen-bond acceptors (Lipinski definition) is 5. The Morgan fingerprint density at radius 3 is 2.78 bits per heavy atom. The fourth-order valence-electron chi connectivity index (χ4n) is 2.12. The second kappa shape index (κ2) is 5.43. The molecule has 0 spiro atoms. The molecule has 3 rings (SSSR count). The number of carbonyl (C=O) groups is 1. The fraction of sp³-hybridized carbons (Fsp3) is 0.286. The Labute approximate surface area is 145 Å². The van der Waals surface area contributed by atoms with Crippen LogP contribution in [0, 0.1) is 15.5 Å². The first-order valence-corrected chi connectivity index (χ1v) is 8.26. The van der Waals surface area contributed by atoms with Gasteiger partial charge in [0.1, 0.15) is 4.33 Å². The summed E-state index contributed by atoms with van der Waals surface area (Å²) in [4.78, 5) is 26.8. The molecule has 6 nitrogen and oxygen atoms in total. The lowest BCUT2D eigenvalue weighted by Gasteiger charge is -2.10. The number of anilines is 1. The molecule has 1 aromatic heterocycles. The molecule has 1 N–H and O–H groups in total. The summed E-state index contributed by atoms with van der Waals surface area (Å²) in [5.74, 6) is -0.289. The lowest BCUT2D eigenvalue weighted by atomic mass is 10.1. The Hall–Kier alpha value is -1.70. The largest absolute Gasteiger partial charge is 0.301 e. The first kappa shape index (κ1) is 16.2. The molecule has 1 aromatic carbocycles. The maximum absolute atomic E-state index is 12.2. The summed E-state index contributed by atoms with van der Waals surface area (Å²) in [6.07, 6.45) is 0.387. The van der Waals surface area contributed by atoms with Gasteiger partial charge >= 0.3 is 0 Å². The number of nitrogens with zero attached hydrogens (tertiary/aromatic N) is 2. The Bertz CT molecular complexity index is 808. The van der Waals surface area contributed by atoms with E-state index in [1.165, 1.54) is 23.5 Å². The average Bonchev–Trinajstić information content (AvgIpc) is 2.86. The van der Waals surface area contributed by atoms with Crippen LogP contribution in [0.5, 0.6) is 0 Å². The number of aromatic nitrogens is 1. The molecule has 1 aliphatic rings. The van der Waals surface area contributed by atoms with Gasteiger partial charge in [0, 0.05) is 23.1 Å². The summed E-state index contributed by atoms with van der Waals surface area (Å²) in [6, 6.07) is 6.16. The molecule has 1 amide bonds. The Morgan fingerprint density at radius 1 is 1.48 bits per heavy atom. The highest BCUT2D eigenvalue weighted by Gasteiger charge is 2.68. The van der Waals surface area contributed by atoms with E-state index in [9.17, 15) is 14.9 Å². The average molecular weight is 372 g/mol. The second-order valence-electron chi connectivity index (χ2n) is 5.51. The molecule has 1 fully saturated rings. The van der Waals surface area contributed by atoms with Gasteiger partial charge in [0.05, 0.1) is 16.0 Å². The summed E-state index contributed by atoms with van der Waals surface area (Å²) in [5, 5.41) is 15.6. The molecule has 0 saturated heterocycles. The van der Waals surface area contributed by atoms with Gasteiger partial charge in [0.25, 0.3) is 5.69 Å². The van der Waals surface area contributed by atoms with Crippen molar-refractivity contribution in [3.63, 3.8) is 0 Å². The lowest BCUT2D eigenvalue weighted by molar-refractivity contribution is -0.384. The standard InChI is InChI=1S/C14H11Cl2N3O3S/c1-13(7-14(13,15)16)11(20)18-12-17-10(6-23-12)8-3-2-4-9(5-8)19(21)22/h2-6H,7H2,1H3,(H,17,18,20). The molecule has 1 saturated carbocycles. The molecule has 1 aliphatic carbocycles. The van der Waals surface area contributed by atoms with Crippen LogP contribution in [0.2, 0.25) is 0 Å². The van der Waals surface area contributed by atoms with Gasteiger partial charge in [-0.2, -0.15) is 0 Å². The van der Waals surface area contributed by atoms with Crippen LogP contribution in [0.15, 0.2) is 29.6 Å². The minimum absolute atomic E-state index is 0.0133. The van der Waals surface area contributed by atoms with E-state index in [0.29, 0.717) is 22.8 Å². The minimum Gasteiger partial charge on any atom is -0.301 e. The van der Waals surface area contributed by atoms with Crippen LogP contribution in [0.3, 0.4) is 0 Å². The van der Waals surface area contributed by atoms with Crippen LogP contribution in [-0.4, -0.2) is 20.1 Å². The zero-order valence-electron chi connectivity index (χ0n) is 11.9. The number of hydrogen-bond donors (Lipinski definition) is 1. The molecule has 0 radical (unpaired) electrons. The van der Waals surface area contributed by atoms with Gasteiger partial charge in [-0.05, 0) is 13.3 Å². The number of nitro benzene ring substituents is 1. The predicted molar refractivity (Wildman–Crippen MR) is 90.0 cm³/mol. The van der Waals surface area contributed by atoms with Gasteiger partial charge in [-0.1, -0.05) is 12.1 Å². The molecular weight excluding hydrogens is 361 g/mol. The van der Waals surface area contributed by atoms with Crippen LogP contribution in [0.1, 0.15) is 13.3 Å². The van der Waals surface area contributed by atoms with Crippen LogP contribution >= 0.6 is 34.5 Å². The maximum Gasteiger partial charge on any atom is 0.270 e. The van der Waals surface area contributed by atoms with Gasteiger partial charge in [-0.15, -0.1) is 34.5 Å². The highest BCUT2D eigenvalue weighted by molar-refractivity contribution is 7.14. The number of alkyl halides is 2. The number of non-ortho nitro benzene ring substituents is 1. The van der Waals surface area contributed by atoms with Gasteiger partial charge in [-0.3, -0.25) is 14.9 Å². The van der Waals surface area contributed by atoms with Crippen molar-refractivity contribution in [3.05, 3.63) is 39.8 Å². The number of thiazole rings is 1. The summed E-state index contributed by atoms with van der Waals surface area (Å²) in [7, 11) is 0. The van der Waals surface area contributed by atoms with Crippen molar-refractivity contribution in [1.82, 2.24) is 4.98 Å². The Kier molecular flexibility index (Phi) is 3.82. The SMILES string of the molecule is CC1(C(=O)Nc2nc(-c3cccc([N+](=O)[O-])c3)cs2)CC1(Cl)Cl. The molecular formula is C14H11Cl2N3O3S. The molecule has 0 bridgehead atoms. The van der Waals surface area contributed by atoms with Gasteiger partial charge in [0.2, 0.25) is 5.91 Å². The topological polar surface area (TPSA) is 85.1 Å². The third kappa shape index (κ3) is 2.91. The zero-order valence-corrected chi connectivity index (χ0v) is 14.2. The maximum atomic E-state index is 12.2. The molecule has 0 aliphatic heterocycles. The van der Waals surface area contributed by atoms with Gasteiger partial charge in [-0.25, -0.2) is 4.98 Å². The number of carbonyl (C=O) groups excluding carboxylic acids is 1. The molecule has 120 valence electrons. The summed E-state index contributed by atoms with van der Waals surface area (Å²) in [5.41, 5.74) is 0.323. The van der Waals surface area contributed by atoms with Crippen molar-refractivity contribution in [3.8, 4) is 11.3 Å². The van der Waals surface area contributed by atoms with Crippen molar-refractivity contribution in [1.29, 1.82) is 0 Å². The van der Waals surface area contributed by atoms with Crippen molar-refractivity contribution in [2.24, 2.45) is 5.41 Å².